The van der Waals surface area contributed by atoms with Crippen LogP contribution in [0.4, 0.5) is 4.39 Å². The van der Waals surface area contributed by atoms with Crippen molar-refractivity contribution in [2.24, 2.45) is 0 Å². The Labute approximate surface area is 137 Å². The number of rotatable bonds is 2. The largest absolute Gasteiger partial charge is 0.314 e. The van der Waals surface area contributed by atoms with E-state index < -0.39 is 0 Å². The second kappa shape index (κ2) is 6.06. The fraction of sp³-hybridized carbons (Fsp3) is 0.400. The molecule has 1 N–H and O–H groups in total. The molecule has 0 spiro atoms. The number of fused-ring (bicyclic) bond motifs is 1. The van der Waals surface area contributed by atoms with Crippen molar-refractivity contribution in [3.63, 3.8) is 0 Å². The normalized spacial score (nSPS) is 24.6. The molecular weight excluding hydrogens is 287 g/mol. The SMILES string of the molecule is Cc1ccc2c(c1)C(c1ccc(F)cc1)CC2N1CCNCC1. The van der Waals surface area contributed by atoms with E-state index in [4.69, 9.17) is 0 Å². The van der Waals surface area contributed by atoms with Crippen molar-refractivity contribution < 1.29 is 4.39 Å². The molecular formula is C20H23FN2. The fourth-order valence-corrected chi connectivity index (χ4v) is 4.13. The molecule has 0 amide bonds. The van der Waals surface area contributed by atoms with Gasteiger partial charge in [0.25, 0.3) is 0 Å². The van der Waals surface area contributed by atoms with E-state index in [2.05, 4.69) is 35.3 Å². The number of halogens is 1. The van der Waals surface area contributed by atoms with Crippen molar-refractivity contribution in [2.75, 3.05) is 26.2 Å². The van der Waals surface area contributed by atoms with Gasteiger partial charge in [-0.05, 0) is 42.2 Å². The minimum absolute atomic E-state index is 0.158. The summed E-state index contributed by atoms with van der Waals surface area (Å²) in [6.07, 6.45) is 1.10. The highest BCUT2D eigenvalue weighted by Crippen LogP contribution is 2.47. The summed E-state index contributed by atoms with van der Waals surface area (Å²) in [6.45, 7) is 6.50. The predicted octanol–water partition coefficient (Wildman–Crippen LogP) is 3.62. The number of hydrogen-bond acceptors (Lipinski definition) is 2. The molecule has 2 aromatic rings. The molecule has 0 saturated carbocycles. The molecule has 2 nitrogen and oxygen atoms in total. The molecule has 2 atom stereocenters. The second-order valence-electron chi connectivity index (χ2n) is 6.77. The maximum Gasteiger partial charge on any atom is 0.123 e. The molecule has 23 heavy (non-hydrogen) atoms. The van der Waals surface area contributed by atoms with Crippen LogP contribution in [-0.4, -0.2) is 31.1 Å². The smallest absolute Gasteiger partial charge is 0.123 e. The number of piperazine rings is 1. The number of hydrogen-bond donors (Lipinski definition) is 1. The van der Waals surface area contributed by atoms with E-state index in [0.29, 0.717) is 12.0 Å². The molecule has 2 aromatic carbocycles. The van der Waals surface area contributed by atoms with Gasteiger partial charge < -0.3 is 5.32 Å². The zero-order chi connectivity index (χ0) is 15.8. The molecule has 0 bridgehead atoms. The van der Waals surface area contributed by atoms with Crippen LogP contribution in [0.3, 0.4) is 0 Å². The summed E-state index contributed by atoms with van der Waals surface area (Å²) in [5.74, 6) is 0.222. The number of nitrogens with one attached hydrogen (secondary N) is 1. The maximum atomic E-state index is 13.3. The van der Waals surface area contributed by atoms with Crippen molar-refractivity contribution in [2.45, 2.75) is 25.3 Å². The third-order valence-corrected chi connectivity index (χ3v) is 5.30. The lowest BCUT2D eigenvalue weighted by Crippen LogP contribution is -2.44. The molecule has 1 fully saturated rings. The van der Waals surface area contributed by atoms with E-state index in [1.807, 2.05) is 12.1 Å². The van der Waals surface area contributed by atoms with Gasteiger partial charge in [-0.3, -0.25) is 4.90 Å². The Morgan fingerprint density at radius 1 is 1.00 bits per heavy atom. The summed E-state index contributed by atoms with van der Waals surface area (Å²) in [5, 5.41) is 3.44. The first kappa shape index (κ1) is 14.9. The van der Waals surface area contributed by atoms with E-state index in [1.54, 1.807) is 12.1 Å². The highest BCUT2D eigenvalue weighted by atomic mass is 19.1. The van der Waals surface area contributed by atoms with Crippen LogP contribution in [0.2, 0.25) is 0 Å². The summed E-state index contributed by atoms with van der Waals surface area (Å²) in [7, 11) is 0. The van der Waals surface area contributed by atoms with E-state index in [-0.39, 0.29) is 5.82 Å². The van der Waals surface area contributed by atoms with Crippen LogP contribution >= 0.6 is 0 Å². The first-order chi connectivity index (χ1) is 11.2. The Balaban J connectivity index is 1.72. The van der Waals surface area contributed by atoms with Gasteiger partial charge in [0.2, 0.25) is 0 Å². The van der Waals surface area contributed by atoms with Gasteiger partial charge in [-0.15, -0.1) is 0 Å². The Morgan fingerprint density at radius 2 is 1.74 bits per heavy atom. The molecule has 120 valence electrons. The van der Waals surface area contributed by atoms with Crippen LogP contribution in [0.5, 0.6) is 0 Å². The third kappa shape index (κ3) is 2.79. The highest BCUT2D eigenvalue weighted by molar-refractivity contribution is 5.46. The van der Waals surface area contributed by atoms with Crippen LogP contribution in [0.1, 0.15) is 40.6 Å². The quantitative estimate of drug-likeness (QED) is 0.911. The Bertz CT molecular complexity index is 689. The van der Waals surface area contributed by atoms with Gasteiger partial charge in [-0.25, -0.2) is 4.39 Å². The molecule has 0 aromatic heterocycles. The van der Waals surface area contributed by atoms with Crippen LogP contribution in [0, 0.1) is 12.7 Å². The monoisotopic (exact) mass is 310 g/mol. The van der Waals surface area contributed by atoms with E-state index in [0.717, 1.165) is 32.6 Å². The summed E-state index contributed by atoms with van der Waals surface area (Å²) < 4.78 is 13.3. The van der Waals surface area contributed by atoms with Crippen molar-refractivity contribution in [1.82, 2.24) is 10.2 Å². The van der Waals surface area contributed by atoms with Gasteiger partial charge in [0.1, 0.15) is 5.82 Å². The molecule has 3 heteroatoms. The van der Waals surface area contributed by atoms with Crippen molar-refractivity contribution in [1.29, 1.82) is 0 Å². The first-order valence-electron chi connectivity index (χ1n) is 8.53. The van der Waals surface area contributed by atoms with Crippen LogP contribution < -0.4 is 5.32 Å². The topological polar surface area (TPSA) is 15.3 Å². The highest BCUT2D eigenvalue weighted by Gasteiger charge is 2.35. The van der Waals surface area contributed by atoms with E-state index in [9.17, 15) is 4.39 Å². The molecule has 1 saturated heterocycles. The molecule has 0 radical (unpaired) electrons. The standard InChI is InChI=1S/C20H23FN2/c1-14-2-7-17-19(12-14)18(15-3-5-16(21)6-4-15)13-20(17)23-10-8-22-9-11-23/h2-7,12,18,20,22H,8-11,13H2,1H3. The molecule has 2 aliphatic rings. The Hall–Kier alpha value is -1.71. The summed E-state index contributed by atoms with van der Waals surface area (Å²) >= 11 is 0. The molecule has 1 aliphatic heterocycles. The average Bonchev–Trinajstić information content (AvgIpc) is 2.95. The Kier molecular flexibility index (Phi) is 3.92. The van der Waals surface area contributed by atoms with Crippen molar-refractivity contribution in [3.05, 3.63) is 70.5 Å². The number of nitrogens with zero attached hydrogens (tertiary/aromatic N) is 1. The lowest BCUT2D eigenvalue weighted by atomic mass is 9.92. The van der Waals surface area contributed by atoms with E-state index in [1.165, 1.54) is 22.3 Å². The average molecular weight is 310 g/mol. The molecule has 4 rings (SSSR count). The molecule has 2 unspecified atom stereocenters. The maximum absolute atomic E-state index is 13.3. The zero-order valence-electron chi connectivity index (χ0n) is 13.6. The minimum atomic E-state index is -0.158. The predicted molar refractivity (Wildman–Crippen MR) is 91.2 cm³/mol. The second-order valence-corrected chi connectivity index (χ2v) is 6.77. The summed E-state index contributed by atoms with van der Waals surface area (Å²) in [5.41, 5.74) is 5.43. The zero-order valence-corrected chi connectivity index (χ0v) is 13.6. The van der Waals surface area contributed by atoms with Crippen molar-refractivity contribution >= 4 is 0 Å². The van der Waals surface area contributed by atoms with Gasteiger partial charge in [-0.1, -0.05) is 35.9 Å². The van der Waals surface area contributed by atoms with Gasteiger partial charge in [0, 0.05) is 38.1 Å². The lowest BCUT2D eigenvalue weighted by Gasteiger charge is -2.33. The van der Waals surface area contributed by atoms with Crippen LogP contribution in [0.15, 0.2) is 42.5 Å². The summed E-state index contributed by atoms with van der Waals surface area (Å²) in [4.78, 5) is 2.61. The first-order valence-corrected chi connectivity index (χ1v) is 8.53. The number of benzene rings is 2. The van der Waals surface area contributed by atoms with E-state index >= 15 is 0 Å². The van der Waals surface area contributed by atoms with Crippen LogP contribution in [-0.2, 0) is 0 Å². The third-order valence-electron chi connectivity index (χ3n) is 5.30. The van der Waals surface area contributed by atoms with Crippen LogP contribution in [0.25, 0.3) is 0 Å². The molecule has 1 aliphatic carbocycles. The summed E-state index contributed by atoms with van der Waals surface area (Å²) in [6, 6.07) is 14.4. The Morgan fingerprint density at radius 3 is 2.48 bits per heavy atom. The minimum Gasteiger partial charge on any atom is -0.314 e. The van der Waals surface area contributed by atoms with Gasteiger partial charge >= 0.3 is 0 Å². The van der Waals surface area contributed by atoms with Crippen molar-refractivity contribution in [3.8, 4) is 0 Å². The van der Waals surface area contributed by atoms with Gasteiger partial charge in [0.15, 0.2) is 0 Å². The van der Waals surface area contributed by atoms with Gasteiger partial charge in [-0.2, -0.15) is 0 Å². The lowest BCUT2D eigenvalue weighted by molar-refractivity contribution is 0.171. The fourth-order valence-electron chi connectivity index (χ4n) is 4.13. The molecule has 1 heterocycles. The number of aryl methyl sites for hydroxylation is 1. The van der Waals surface area contributed by atoms with Gasteiger partial charge in [0.05, 0.1) is 0 Å².